The third kappa shape index (κ3) is 7.36. The van der Waals surface area contributed by atoms with E-state index in [-0.39, 0.29) is 0 Å². The Morgan fingerprint density at radius 3 is 2.73 bits per heavy atom. The van der Waals surface area contributed by atoms with Gasteiger partial charge in [0.05, 0.1) is 6.61 Å². The van der Waals surface area contributed by atoms with Crippen molar-refractivity contribution in [2.75, 3.05) is 27.1 Å². The quantitative estimate of drug-likeness (QED) is 0.465. The molecule has 0 unspecified atom stereocenters. The molecule has 0 aromatic rings. The molecule has 66 valence electrons. The Labute approximate surface area is 68.4 Å². The molecule has 0 bridgehead atoms. The molecule has 3 nitrogen and oxygen atoms in total. The first-order valence-electron chi connectivity index (χ1n) is 3.81. The fraction of sp³-hybridized carbons (Fsp3) is 0.750. The smallest absolute Gasteiger partial charge is 0.147 e. The number of allylic oxidation sites excluding steroid dienone is 1. The topological polar surface area (TPSA) is 30.5 Å². The molecule has 0 radical (unpaired) electrons. The molecule has 0 aromatic carbocycles. The first-order valence-corrected chi connectivity index (χ1v) is 3.81. The monoisotopic (exact) mass is 159 g/mol. The van der Waals surface area contributed by atoms with Gasteiger partial charge in [-0.05, 0) is 19.9 Å². The van der Waals surface area contributed by atoms with E-state index in [4.69, 9.17) is 9.47 Å². The lowest BCUT2D eigenvalue weighted by Gasteiger charge is -2.01. The average Bonchev–Trinajstić information content (AvgIpc) is 2.04. The Hall–Kier alpha value is -0.540. The number of ether oxygens (including phenoxy) is 2. The summed E-state index contributed by atoms with van der Waals surface area (Å²) in [4.78, 5) is 0. The third-order valence-corrected chi connectivity index (χ3v) is 1.27. The molecule has 0 rings (SSSR count). The van der Waals surface area contributed by atoms with Crippen LogP contribution in [-0.4, -0.2) is 27.1 Å². The van der Waals surface area contributed by atoms with Crippen molar-refractivity contribution in [3.05, 3.63) is 11.8 Å². The van der Waals surface area contributed by atoms with Gasteiger partial charge < -0.3 is 14.8 Å². The van der Waals surface area contributed by atoms with E-state index in [9.17, 15) is 0 Å². The van der Waals surface area contributed by atoms with Gasteiger partial charge in [-0.1, -0.05) is 0 Å². The third-order valence-electron chi connectivity index (χ3n) is 1.27. The first-order chi connectivity index (χ1) is 5.31. The van der Waals surface area contributed by atoms with Gasteiger partial charge >= 0.3 is 0 Å². The Morgan fingerprint density at radius 1 is 1.45 bits per heavy atom. The molecular weight excluding hydrogens is 142 g/mol. The normalized spacial score (nSPS) is 11.7. The van der Waals surface area contributed by atoms with Crippen molar-refractivity contribution in [3.8, 4) is 0 Å². The van der Waals surface area contributed by atoms with Crippen molar-refractivity contribution in [2.24, 2.45) is 0 Å². The predicted octanol–water partition coefficient (Wildman–Crippen LogP) is 1.12. The number of rotatable bonds is 6. The van der Waals surface area contributed by atoms with Crippen LogP contribution in [-0.2, 0) is 9.47 Å². The highest BCUT2D eigenvalue weighted by molar-refractivity contribution is 4.93. The van der Waals surface area contributed by atoms with Gasteiger partial charge in [0.2, 0.25) is 0 Å². The number of hydrogen-bond donors (Lipinski definition) is 1. The summed E-state index contributed by atoms with van der Waals surface area (Å²) in [5.41, 5.74) is 1.11. The van der Waals surface area contributed by atoms with Gasteiger partial charge in [0.25, 0.3) is 0 Å². The molecule has 0 aliphatic carbocycles. The van der Waals surface area contributed by atoms with Gasteiger partial charge in [0.15, 0.2) is 0 Å². The maximum absolute atomic E-state index is 5.11. The van der Waals surface area contributed by atoms with Crippen LogP contribution in [0.4, 0.5) is 0 Å². The molecule has 3 heteroatoms. The second-order valence-electron chi connectivity index (χ2n) is 2.12. The van der Waals surface area contributed by atoms with Crippen LogP contribution in [0.1, 0.15) is 13.8 Å². The van der Waals surface area contributed by atoms with Gasteiger partial charge in [-0.3, -0.25) is 0 Å². The molecule has 0 aromatic heterocycles. The molecule has 0 aliphatic rings. The van der Waals surface area contributed by atoms with E-state index in [1.54, 1.807) is 0 Å². The summed E-state index contributed by atoms with van der Waals surface area (Å²) in [6.07, 6.45) is 1.97. The van der Waals surface area contributed by atoms with Crippen molar-refractivity contribution in [3.63, 3.8) is 0 Å². The molecule has 0 aliphatic heterocycles. The van der Waals surface area contributed by atoms with E-state index in [1.165, 1.54) is 0 Å². The van der Waals surface area contributed by atoms with Crippen LogP contribution in [0.15, 0.2) is 11.8 Å². The molecule has 11 heavy (non-hydrogen) atoms. The predicted molar refractivity (Wildman–Crippen MR) is 45.3 cm³/mol. The fourth-order valence-electron chi connectivity index (χ4n) is 0.476. The summed E-state index contributed by atoms with van der Waals surface area (Å²) in [7, 11) is 1.88. The van der Waals surface area contributed by atoms with Gasteiger partial charge in [-0.2, -0.15) is 0 Å². The van der Waals surface area contributed by atoms with Crippen LogP contribution in [0.5, 0.6) is 0 Å². The lowest BCUT2D eigenvalue weighted by Crippen LogP contribution is -2.04. The van der Waals surface area contributed by atoms with Crippen LogP contribution in [0.3, 0.4) is 0 Å². The zero-order valence-corrected chi connectivity index (χ0v) is 7.52. The largest absolute Gasteiger partial charge is 0.392 e. The highest BCUT2D eigenvalue weighted by atomic mass is 16.7. The molecule has 0 saturated heterocycles. The molecule has 0 heterocycles. The fourth-order valence-corrected chi connectivity index (χ4v) is 0.476. The van der Waals surface area contributed by atoms with Crippen molar-refractivity contribution in [1.82, 2.24) is 5.32 Å². The molecule has 0 amide bonds. The Kier molecular flexibility index (Phi) is 7.19. The maximum Gasteiger partial charge on any atom is 0.147 e. The van der Waals surface area contributed by atoms with E-state index in [0.717, 1.165) is 5.70 Å². The zero-order chi connectivity index (χ0) is 8.53. The average molecular weight is 159 g/mol. The second kappa shape index (κ2) is 7.57. The zero-order valence-electron chi connectivity index (χ0n) is 7.52. The Bertz CT molecular complexity index is 113. The molecule has 0 fully saturated rings. The van der Waals surface area contributed by atoms with Crippen molar-refractivity contribution in [1.29, 1.82) is 0 Å². The van der Waals surface area contributed by atoms with Gasteiger partial charge in [0, 0.05) is 19.4 Å². The summed E-state index contributed by atoms with van der Waals surface area (Å²) in [5.74, 6) is 0. The van der Waals surface area contributed by atoms with Gasteiger partial charge in [0.1, 0.15) is 6.79 Å². The van der Waals surface area contributed by atoms with Crippen molar-refractivity contribution in [2.45, 2.75) is 13.8 Å². The number of nitrogens with one attached hydrogen (secondary N) is 1. The van der Waals surface area contributed by atoms with Crippen molar-refractivity contribution >= 4 is 0 Å². The molecule has 0 saturated carbocycles. The SMILES string of the molecule is CCOCOC/C=C(\C)NC. The molecule has 1 N–H and O–H groups in total. The minimum Gasteiger partial charge on any atom is -0.392 e. The first kappa shape index (κ1) is 10.5. The maximum atomic E-state index is 5.11. The Balaban J connectivity index is 3.12. The molecule has 0 atom stereocenters. The van der Waals surface area contributed by atoms with Crippen LogP contribution in [0.25, 0.3) is 0 Å². The molecular formula is C8H17NO2. The minimum absolute atomic E-state index is 0.379. The van der Waals surface area contributed by atoms with Crippen molar-refractivity contribution < 1.29 is 9.47 Å². The van der Waals surface area contributed by atoms with Gasteiger partial charge in [-0.15, -0.1) is 0 Å². The van der Waals surface area contributed by atoms with Crippen LogP contribution in [0.2, 0.25) is 0 Å². The Morgan fingerprint density at radius 2 is 2.18 bits per heavy atom. The lowest BCUT2D eigenvalue weighted by atomic mass is 10.4. The highest BCUT2D eigenvalue weighted by Crippen LogP contribution is 1.85. The summed E-state index contributed by atoms with van der Waals surface area (Å²) in [6, 6.07) is 0. The van der Waals surface area contributed by atoms with Crippen LogP contribution in [0, 0.1) is 0 Å². The second-order valence-corrected chi connectivity index (χ2v) is 2.12. The minimum atomic E-state index is 0.379. The van der Waals surface area contributed by atoms with E-state index in [0.29, 0.717) is 20.0 Å². The van der Waals surface area contributed by atoms with E-state index in [1.807, 2.05) is 27.0 Å². The lowest BCUT2D eigenvalue weighted by molar-refractivity contribution is -0.0391. The summed E-state index contributed by atoms with van der Waals surface area (Å²) < 4.78 is 10.1. The standard InChI is InChI=1S/C8H17NO2/c1-4-10-7-11-6-5-8(2)9-3/h5,9H,4,6-7H2,1-3H3/b8-5+. The number of hydrogen-bond acceptors (Lipinski definition) is 3. The summed E-state index contributed by atoms with van der Waals surface area (Å²) in [5, 5.41) is 3.00. The van der Waals surface area contributed by atoms with Crippen LogP contribution >= 0.6 is 0 Å². The summed E-state index contributed by atoms with van der Waals surface area (Å²) in [6.45, 7) is 5.62. The molecule has 0 spiro atoms. The van der Waals surface area contributed by atoms with Crippen LogP contribution < -0.4 is 5.32 Å². The van der Waals surface area contributed by atoms with Gasteiger partial charge in [-0.25, -0.2) is 0 Å². The van der Waals surface area contributed by atoms with E-state index < -0.39 is 0 Å². The highest BCUT2D eigenvalue weighted by Gasteiger charge is 1.83. The summed E-state index contributed by atoms with van der Waals surface area (Å²) >= 11 is 0. The van der Waals surface area contributed by atoms with E-state index >= 15 is 0 Å². The van der Waals surface area contributed by atoms with E-state index in [2.05, 4.69) is 5.32 Å².